The van der Waals surface area contributed by atoms with Gasteiger partial charge in [-0.05, 0) is 49.7 Å². The average molecular weight is 551 g/mol. The van der Waals surface area contributed by atoms with Crippen molar-refractivity contribution in [3.63, 3.8) is 0 Å². The maximum Gasteiger partial charge on any atom is 0.355 e. The number of nitrogens with one attached hydrogen (secondary N) is 1. The van der Waals surface area contributed by atoms with Gasteiger partial charge in [0.15, 0.2) is 5.78 Å². The Hall–Kier alpha value is -3.18. The molecule has 0 spiro atoms. The molecule has 0 atom stereocenters. The van der Waals surface area contributed by atoms with E-state index in [1.807, 2.05) is 13.8 Å². The molecule has 0 aliphatic rings. The van der Waals surface area contributed by atoms with E-state index in [2.05, 4.69) is 10.3 Å². The van der Waals surface area contributed by atoms with E-state index >= 15 is 0 Å². The summed E-state index contributed by atoms with van der Waals surface area (Å²) in [5.74, 6) is -0.751. The van der Waals surface area contributed by atoms with Crippen LogP contribution in [0.5, 0.6) is 5.75 Å². The standard InChI is InChI=1S/C25H28Cl2N4O6/c1-15(2)37-22-8-7-19(10-21(22)27)28-23-29-24(35)31(12-20(34)9-17(13-32)14-33)25(36)30(23)11-16-3-5-18(26)6-4-16/h3-8,10,15,17,32-33H,9,11-14H2,1-2H3,(H,28,29,35). The molecule has 1 heterocycles. The van der Waals surface area contributed by atoms with E-state index in [0.717, 1.165) is 4.57 Å². The van der Waals surface area contributed by atoms with E-state index in [-0.39, 0.29) is 25.0 Å². The van der Waals surface area contributed by atoms with Crippen LogP contribution in [-0.4, -0.2) is 49.4 Å². The van der Waals surface area contributed by atoms with Gasteiger partial charge < -0.3 is 20.3 Å². The first-order chi connectivity index (χ1) is 17.6. The monoisotopic (exact) mass is 550 g/mol. The van der Waals surface area contributed by atoms with Gasteiger partial charge in [0.2, 0.25) is 5.95 Å². The third kappa shape index (κ3) is 7.65. The molecule has 3 rings (SSSR count). The molecule has 10 nitrogen and oxygen atoms in total. The Labute approximate surface area is 223 Å². The number of hydrogen-bond donors (Lipinski definition) is 3. The molecule has 0 fully saturated rings. The summed E-state index contributed by atoms with van der Waals surface area (Å²) >= 11 is 12.3. The minimum atomic E-state index is -0.927. The number of halogens is 2. The van der Waals surface area contributed by atoms with E-state index in [0.29, 0.717) is 27.0 Å². The zero-order valence-corrected chi connectivity index (χ0v) is 21.9. The minimum absolute atomic E-state index is 0.0258. The summed E-state index contributed by atoms with van der Waals surface area (Å²) < 4.78 is 7.59. The van der Waals surface area contributed by atoms with Crippen molar-refractivity contribution in [3.05, 3.63) is 79.0 Å². The summed E-state index contributed by atoms with van der Waals surface area (Å²) in [6.07, 6.45) is -0.276. The van der Waals surface area contributed by atoms with Crippen molar-refractivity contribution < 1.29 is 19.7 Å². The lowest BCUT2D eigenvalue weighted by molar-refractivity contribution is -0.121. The number of aliphatic hydroxyl groups is 2. The Morgan fingerprint density at radius 2 is 1.73 bits per heavy atom. The van der Waals surface area contributed by atoms with Crippen LogP contribution in [0.4, 0.5) is 11.6 Å². The Morgan fingerprint density at radius 1 is 1.05 bits per heavy atom. The normalized spacial score (nSPS) is 11.2. The van der Waals surface area contributed by atoms with Crippen LogP contribution in [0.15, 0.2) is 52.1 Å². The lowest BCUT2D eigenvalue weighted by Crippen LogP contribution is -2.44. The van der Waals surface area contributed by atoms with Gasteiger partial charge in [0.25, 0.3) is 0 Å². The molecule has 0 bridgehead atoms. The molecule has 0 unspecified atom stereocenters. The topological polar surface area (TPSA) is 136 Å². The molecule has 0 aliphatic carbocycles. The van der Waals surface area contributed by atoms with E-state index in [1.165, 1.54) is 4.57 Å². The highest BCUT2D eigenvalue weighted by molar-refractivity contribution is 6.32. The number of hydrogen-bond acceptors (Lipinski definition) is 8. The zero-order chi connectivity index (χ0) is 27.1. The van der Waals surface area contributed by atoms with E-state index < -0.39 is 42.8 Å². The van der Waals surface area contributed by atoms with Crippen LogP contribution in [-0.2, 0) is 17.9 Å². The van der Waals surface area contributed by atoms with Gasteiger partial charge in [0, 0.05) is 36.3 Å². The van der Waals surface area contributed by atoms with E-state index in [9.17, 15) is 24.6 Å². The van der Waals surface area contributed by atoms with Crippen molar-refractivity contribution in [2.24, 2.45) is 5.92 Å². The first-order valence-electron chi connectivity index (χ1n) is 11.5. The fourth-order valence-corrected chi connectivity index (χ4v) is 3.83. The zero-order valence-electron chi connectivity index (χ0n) is 20.4. The number of anilines is 2. The van der Waals surface area contributed by atoms with Gasteiger partial charge in [0.1, 0.15) is 5.75 Å². The molecule has 0 aliphatic heterocycles. The highest BCUT2D eigenvalue weighted by Gasteiger charge is 2.19. The van der Waals surface area contributed by atoms with Crippen LogP contribution in [0, 0.1) is 5.92 Å². The lowest BCUT2D eigenvalue weighted by Gasteiger charge is -2.17. The van der Waals surface area contributed by atoms with Crippen LogP contribution in [0.1, 0.15) is 25.8 Å². The van der Waals surface area contributed by atoms with Gasteiger partial charge in [-0.3, -0.25) is 9.36 Å². The fraction of sp³-hybridized carbons (Fsp3) is 0.360. The Bertz CT molecular complexity index is 1350. The third-order valence-corrected chi connectivity index (χ3v) is 5.87. The number of aliphatic hydroxyl groups excluding tert-OH is 2. The highest BCUT2D eigenvalue weighted by Crippen LogP contribution is 2.29. The van der Waals surface area contributed by atoms with Crippen LogP contribution in [0.2, 0.25) is 10.0 Å². The van der Waals surface area contributed by atoms with Crippen LogP contribution in [0.3, 0.4) is 0 Å². The van der Waals surface area contributed by atoms with Crippen LogP contribution in [0.25, 0.3) is 0 Å². The van der Waals surface area contributed by atoms with Crippen LogP contribution >= 0.6 is 23.2 Å². The van der Waals surface area contributed by atoms with Crippen molar-refractivity contribution in [2.75, 3.05) is 18.5 Å². The molecule has 3 N–H and O–H groups in total. The summed E-state index contributed by atoms with van der Waals surface area (Å²) in [5, 5.41) is 22.3. The largest absolute Gasteiger partial charge is 0.489 e. The number of aromatic nitrogens is 3. The smallest absolute Gasteiger partial charge is 0.355 e. The summed E-state index contributed by atoms with van der Waals surface area (Å²) in [5.41, 5.74) is -0.531. The summed E-state index contributed by atoms with van der Waals surface area (Å²) in [4.78, 5) is 42.7. The minimum Gasteiger partial charge on any atom is -0.489 e. The molecule has 198 valence electrons. The Kier molecular flexibility index (Phi) is 9.87. The van der Waals surface area contributed by atoms with Gasteiger partial charge in [0.05, 0.1) is 24.2 Å². The predicted octanol–water partition coefficient (Wildman–Crippen LogP) is 2.85. The first-order valence-corrected chi connectivity index (χ1v) is 12.3. The number of rotatable bonds is 12. The van der Waals surface area contributed by atoms with Crippen LogP contribution < -0.4 is 21.4 Å². The second kappa shape index (κ2) is 12.9. The number of benzene rings is 2. The number of ketones is 1. The third-order valence-electron chi connectivity index (χ3n) is 5.32. The molecular weight excluding hydrogens is 523 g/mol. The van der Waals surface area contributed by atoms with Crippen molar-refractivity contribution >= 4 is 40.6 Å². The maximum atomic E-state index is 13.4. The van der Waals surface area contributed by atoms with Gasteiger partial charge >= 0.3 is 11.4 Å². The van der Waals surface area contributed by atoms with Crippen molar-refractivity contribution in [3.8, 4) is 5.75 Å². The van der Waals surface area contributed by atoms with Crippen molar-refractivity contribution in [2.45, 2.75) is 39.5 Å². The number of nitrogens with zero attached hydrogens (tertiary/aromatic N) is 3. The van der Waals surface area contributed by atoms with Gasteiger partial charge in [-0.25, -0.2) is 14.2 Å². The lowest BCUT2D eigenvalue weighted by atomic mass is 10.0. The number of Topliss-reactive ketones (excluding diaryl/α,β-unsaturated/α-hetero) is 1. The number of carbonyl (C=O) groups is 1. The molecule has 0 saturated heterocycles. The molecule has 12 heteroatoms. The average Bonchev–Trinajstić information content (AvgIpc) is 2.85. The van der Waals surface area contributed by atoms with E-state index in [1.54, 1.807) is 42.5 Å². The van der Waals surface area contributed by atoms with Crippen molar-refractivity contribution in [1.82, 2.24) is 14.1 Å². The van der Waals surface area contributed by atoms with Gasteiger partial charge in [-0.15, -0.1) is 0 Å². The van der Waals surface area contributed by atoms with Gasteiger partial charge in [-0.2, -0.15) is 4.98 Å². The molecule has 1 aromatic heterocycles. The fourth-order valence-electron chi connectivity index (χ4n) is 3.48. The molecule has 0 saturated carbocycles. The number of carbonyl (C=O) groups excluding carboxylic acids is 1. The molecule has 2 aromatic carbocycles. The number of ether oxygens (including phenoxy) is 1. The summed E-state index contributed by atoms with van der Waals surface area (Å²) in [6, 6.07) is 11.7. The summed E-state index contributed by atoms with van der Waals surface area (Å²) in [7, 11) is 0. The molecule has 0 amide bonds. The molecular formula is C25H28Cl2N4O6. The second-order valence-electron chi connectivity index (χ2n) is 8.71. The van der Waals surface area contributed by atoms with Crippen molar-refractivity contribution in [1.29, 1.82) is 0 Å². The Balaban J connectivity index is 2.00. The molecule has 37 heavy (non-hydrogen) atoms. The first kappa shape index (κ1) is 28.4. The molecule has 3 aromatic rings. The van der Waals surface area contributed by atoms with Gasteiger partial charge in [-0.1, -0.05) is 35.3 Å². The highest BCUT2D eigenvalue weighted by atomic mass is 35.5. The second-order valence-corrected chi connectivity index (χ2v) is 9.55. The predicted molar refractivity (Wildman–Crippen MR) is 141 cm³/mol. The summed E-state index contributed by atoms with van der Waals surface area (Å²) in [6.45, 7) is 2.42. The molecule has 0 radical (unpaired) electrons. The SMILES string of the molecule is CC(C)Oc1ccc(Nc2nc(=O)n(CC(=O)CC(CO)CO)c(=O)n2Cc2ccc(Cl)cc2)cc1Cl. The Morgan fingerprint density at radius 3 is 2.32 bits per heavy atom. The maximum absolute atomic E-state index is 13.4. The van der Waals surface area contributed by atoms with E-state index in [4.69, 9.17) is 27.9 Å². The quantitative estimate of drug-likeness (QED) is 0.313.